The van der Waals surface area contributed by atoms with Gasteiger partial charge in [-0.15, -0.1) is 0 Å². The average Bonchev–Trinajstić information content (AvgIpc) is 2.63. The number of imide groups is 1. The molecule has 13 heavy (non-hydrogen) atoms. The first-order valence-corrected chi connectivity index (χ1v) is 4.56. The highest BCUT2D eigenvalue weighted by molar-refractivity contribution is 6.04. The fourth-order valence-electron chi connectivity index (χ4n) is 1.89. The highest BCUT2D eigenvalue weighted by Crippen LogP contribution is 2.17. The van der Waals surface area contributed by atoms with Gasteiger partial charge in [-0.25, -0.2) is 4.79 Å². The SMILES string of the molecule is CC1C(=O)NC(=O)N1C1CCCN1. The molecule has 2 aliphatic rings. The molecule has 3 amide bonds. The van der Waals surface area contributed by atoms with Gasteiger partial charge in [0.25, 0.3) is 5.91 Å². The number of hydrogen-bond acceptors (Lipinski definition) is 3. The molecule has 2 rings (SSSR count). The Morgan fingerprint density at radius 2 is 2.23 bits per heavy atom. The van der Waals surface area contributed by atoms with E-state index in [2.05, 4.69) is 10.6 Å². The summed E-state index contributed by atoms with van der Waals surface area (Å²) in [5.74, 6) is -0.196. The second-order valence-corrected chi connectivity index (χ2v) is 3.49. The molecule has 0 aromatic rings. The van der Waals surface area contributed by atoms with Crippen LogP contribution in [0.4, 0.5) is 4.79 Å². The maximum Gasteiger partial charge on any atom is 0.326 e. The molecule has 2 saturated heterocycles. The molecule has 0 bridgehead atoms. The van der Waals surface area contributed by atoms with Crippen molar-refractivity contribution < 1.29 is 9.59 Å². The number of hydrogen-bond donors (Lipinski definition) is 2. The fourth-order valence-corrected chi connectivity index (χ4v) is 1.89. The predicted octanol–water partition coefficient (Wildman–Crippen LogP) is -0.364. The van der Waals surface area contributed by atoms with Gasteiger partial charge in [0.15, 0.2) is 0 Å². The Hall–Kier alpha value is -1.10. The van der Waals surface area contributed by atoms with E-state index < -0.39 is 0 Å². The maximum absolute atomic E-state index is 11.3. The van der Waals surface area contributed by atoms with Crippen LogP contribution >= 0.6 is 0 Å². The third-order valence-corrected chi connectivity index (χ3v) is 2.63. The van der Waals surface area contributed by atoms with Gasteiger partial charge in [0.2, 0.25) is 0 Å². The Balaban J connectivity index is 2.12. The lowest BCUT2D eigenvalue weighted by Crippen LogP contribution is -2.47. The van der Waals surface area contributed by atoms with Crippen molar-refractivity contribution in [2.45, 2.75) is 32.0 Å². The Bertz CT molecular complexity index is 248. The molecule has 0 aromatic heterocycles. The molecule has 2 aliphatic heterocycles. The second-order valence-electron chi connectivity index (χ2n) is 3.49. The Morgan fingerprint density at radius 3 is 2.69 bits per heavy atom. The maximum atomic E-state index is 11.3. The predicted molar refractivity (Wildman–Crippen MR) is 45.9 cm³/mol. The summed E-state index contributed by atoms with van der Waals surface area (Å²) in [6.07, 6.45) is 2.04. The standard InChI is InChI=1S/C8H13N3O2/c1-5-7(12)10-8(13)11(5)6-3-2-4-9-6/h5-6,9H,2-4H2,1H3,(H,10,12,13). The van der Waals surface area contributed by atoms with Crippen LogP contribution in [-0.4, -0.2) is 35.6 Å². The van der Waals surface area contributed by atoms with Gasteiger partial charge in [-0.1, -0.05) is 0 Å². The van der Waals surface area contributed by atoms with Crippen LogP contribution in [0, 0.1) is 0 Å². The van der Waals surface area contributed by atoms with E-state index >= 15 is 0 Å². The molecule has 2 atom stereocenters. The first-order valence-electron chi connectivity index (χ1n) is 4.56. The van der Waals surface area contributed by atoms with E-state index in [0.29, 0.717) is 0 Å². The van der Waals surface area contributed by atoms with E-state index in [-0.39, 0.29) is 24.1 Å². The lowest BCUT2D eigenvalue weighted by molar-refractivity contribution is -0.121. The minimum absolute atomic E-state index is 0.0430. The second kappa shape index (κ2) is 2.99. The quantitative estimate of drug-likeness (QED) is 0.545. The van der Waals surface area contributed by atoms with Crippen molar-refractivity contribution in [2.75, 3.05) is 6.54 Å². The van der Waals surface area contributed by atoms with Gasteiger partial charge in [0.05, 0.1) is 6.17 Å². The zero-order chi connectivity index (χ0) is 9.42. The largest absolute Gasteiger partial charge is 0.326 e. The normalized spacial score (nSPS) is 34.1. The molecule has 2 fully saturated rings. The van der Waals surface area contributed by atoms with E-state index in [1.807, 2.05) is 0 Å². The molecule has 2 unspecified atom stereocenters. The monoisotopic (exact) mass is 183 g/mol. The minimum atomic E-state index is -0.330. The van der Waals surface area contributed by atoms with Crippen LogP contribution in [0.3, 0.4) is 0 Å². The number of urea groups is 1. The van der Waals surface area contributed by atoms with Gasteiger partial charge in [0, 0.05) is 0 Å². The van der Waals surface area contributed by atoms with Crippen LogP contribution in [0.5, 0.6) is 0 Å². The van der Waals surface area contributed by atoms with Crippen molar-refractivity contribution in [3.05, 3.63) is 0 Å². The number of carbonyl (C=O) groups excluding carboxylic acids is 2. The molecule has 5 nitrogen and oxygen atoms in total. The highest BCUT2D eigenvalue weighted by Gasteiger charge is 2.40. The van der Waals surface area contributed by atoms with Crippen molar-refractivity contribution in [3.63, 3.8) is 0 Å². The number of amides is 3. The smallest absolute Gasteiger partial charge is 0.297 e. The third-order valence-electron chi connectivity index (χ3n) is 2.63. The van der Waals surface area contributed by atoms with Gasteiger partial charge in [-0.05, 0) is 26.3 Å². The van der Waals surface area contributed by atoms with Crippen LogP contribution in [-0.2, 0) is 4.79 Å². The molecule has 5 heteroatoms. The summed E-state index contributed by atoms with van der Waals surface area (Å²) in [6.45, 7) is 2.68. The Labute approximate surface area is 76.5 Å². The summed E-state index contributed by atoms with van der Waals surface area (Å²) in [5.41, 5.74) is 0. The molecular formula is C8H13N3O2. The lowest BCUT2D eigenvalue weighted by Gasteiger charge is -2.25. The lowest BCUT2D eigenvalue weighted by atomic mass is 10.2. The van der Waals surface area contributed by atoms with Crippen molar-refractivity contribution in [1.29, 1.82) is 0 Å². The van der Waals surface area contributed by atoms with Gasteiger partial charge in [0.1, 0.15) is 6.04 Å². The highest BCUT2D eigenvalue weighted by atomic mass is 16.2. The average molecular weight is 183 g/mol. The van der Waals surface area contributed by atoms with Gasteiger partial charge in [-0.2, -0.15) is 0 Å². The molecule has 0 aliphatic carbocycles. The van der Waals surface area contributed by atoms with E-state index in [1.165, 1.54) is 0 Å². The van der Waals surface area contributed by atoms with E-state index in [4.69, 9.17) is 0 Å². The zero-order valence-electron chi connectivity index (χ0n) is 7.54. The molecule has 0 radical (unpaired) electrons. The molecule has 0 saturated carbocycles. The molecule has 2 N–H and O–H groups in total. The minimum Gasteiger partial charge on any atom is -0.297 e. The summed E-state index contributed by atoms with van der Waals surface area (Å²) in [7, 11) is 0. The molecule has 0 aromatic carbocycles. The summed E-state index contributed by atoms with van der Waals surface area (Å²) < 4.78 is 0. The Morgan fingerprint density at radius 1 is 1.46 bits per heavy atom. The van der Waals surface area contributed by atoms with Gasteiger partial charge in [-0.3, -0.25) is 20.3 Å². The summed E-state index contributed by atoms with van der Waals surface area (Å²) >= 11 is 0. The van der Waals surface area contributed by atoms with E-state index in [1.54, 1.807) is 11.8 Å². The van der Waals surface area contributed by atoms with E-state index in [0.717, 1.165) is 19.4 Å². The number of nitrogens with zero attached hydrogens (tertiary/aromatic N) is 1. The van der Waals surface area contributed by atoms with Gasteiger partial charge < -0.3 is 0 Å². The first-order chi connectivity index (χ1) is 6.20. The Kier molecular flexibility index (Phi) is 1.95. The summed E-state index contributed by atoms with van der Waals surface area (Å²) in [5, 5.41) is 5.49. The zero-order valence-corrected chi connectivity index (χ0v) is 7.54. The van der Waals surface area contributed by atoms with Crippen molar-refractivity contribution >= 4 is 11.9 Å². The van der Waals surface area contributed by atoms with Gasteiger partial charge >= 0.3 is 6.03 Å². The van der Waals surface area contributed by atoms with Crippen molar-refractivity contribution in [3.8, 4) is 0 Å². The molecule has 2 heterocycles. The third kappa shape index (κ3) is 1.29. The summed E-state index contributed by atoms with van der Waals surface area (Å²) in [4.78, 5) is 24.1. The molecular weight excluding hydrogens is 170 g/mol. The fraction of sp³-hybridized carbons (Fsp3) is 0.750. The van der Waals surface area contributed by atoms with Crippen LogP contribution in [0.15, 0.2) is 0 Å². The molecule has 72 valence electrons. The number of carbonyl (C=O) groups is 2. The molecule has 0 spiro atoms. The van der Waals surface area contributed by atoms with Crippen LogP contribution in [0.1, 0.15) is 19.8 Å². The van der Waals surface area contributed by atoms with Crippen molar-refractivity contribution in [2.24, 2.45) is 0 Å². The number of rotatable bonds is 1. The van der Waals surface area contributed by atoms with E-state index in [9.17, 15) is 9.59 Å². The van der Waals surface area contributed by atoms with Crippen LogP contribution < -0.4 is 10.6 Å². The topological polar surface area (TPSA) is 61.4 Å². The number of nitrogens with one attached hydrogen (secondary N) is 2. The van der Waals surface area contributed by atoms with Crippen LogP contribution in [0.2, 0.25) is 0 Å². The van der Waals surface area contributed by atoms with Crippen LogP contribution in [0.25, 0.3) is 0 Å². The first kappa shape index (κ1) is 8.50. The van der Waals surface area contributed by atoms with Crippen molar-refractivity contribution in [1.82, 2.24) is 15.5 Å². The summed E-state index contributed by atoms with van der Waals surface area (Å²) in [6, 6.07) is -0.597.